The molecule has 0 radical (unpaired) electrons. The van der Waals surface area contributed by atoms with Gasteiger partial charge in [0.15, 0.2) is 0 Å². The minimum atomic E-state index is -1.84. The van der Waals surface area contributed by atoms with Gasteiger partial charge in [-0.1, -0.05) is 128 Å². The van der Waals surface area contributed by atoms with Crippen molar-refractivity contribution in [1.29, 1.82) is 0 Å². The average Bonchev–Trinajstić information content (AvgIpc) is 3.05. The smallest absolute Gasteiger partial charge is 0.215 e. The summed E-state index contributed by atoms with van der Waals surface area (Å²) in [5.74, 6) is -1.84. The molecule has 1 N–H and O–H groups in total. The molecular formula is C36H38O6. The van der Waals surface area contributed by atoms with Crippen LogP contribution in [-0.4, -0.2) is 41.9 Å². The van der Waals surface area contributed by atoms with E-state index in [1.807, 2.05) is 121 Å². The van der Waals surface area contributed by atoms with Gasteiger partial charge in [0.2, 0.25) is 5.79 Å². The van der Waals surface area contributed by atoms with Crippen LogP contribution in [0.1, 0.15) is 22.3 Å². The molecule has 42 heavy (non-hydrogen) atoms. The summed E-state index contributed by atoms with van der Waals surface area (Å²) < 4.78 is 31.9. The van der Waals surface area contributed by atoms with Crippen LogP contribution in [0.25, 0.3) is 0 Å². The summed E-state index contributed by atoms with van der Waals surface area (Å²) in [7, 11) is 0. The highest BCUT2D eigenvalue weighted by molar-refractivity contribution is 5.17. The van der Waals surface area contributed by atoms with Gasteiger partial charge in [0, 0.05) is 0 Å². The maximum Gasteiger partial charge on any atom is 0.215 e. The Hall–Kier alpha value is -3.62. The minimum Gasteiger partial charge on any atom is -0.374 e. The zero-order chi connectivity index (χ0) is 29.0. The lowest BCUT2D eigenvalue weighted by molar-refractivity contribution is -0.351. The van der Waals surface area contributed by atoms with Crippen LogP contribution in [-0.2, 0) is 50.1 Å². The second-order valence-corrected chi connectivity index (χ2v) is 10.4. The SMILES string of the molecule is C=C[C@]1(O)OC(COCc2ccccc2)[C@H](OCc2ccccc2)[C@H](OCc2ccccc2)C1OCc1ccccc1. The first kappa shape index (κ1) is 29.9. The van der Waals surface area contributed by atoms with Gasteiger partial charge < -0.3 is 28.8 Å². The number of hydrogen-bond acceptors (Lipinski definition) is 6. The van der Waals surface area contributed by atoms with Crippen LogP contribution in [0.15, 0.2) is 134 Å². The van der Waals surface area contributed by atoms with Gasteiger partial charge >= 0.3 is 0 Å². The molecule has 1 aliphatic heterocycles. The lowest BCUT2D eigenvalue weighted by Crippen LogP contribution is -2.66. The Balaban J connectivity index is 1.42. The van der Waals surface area contributed by atoms with E-state index >= 15 is 0 Å². The Kier molecular flexibility index (Phi) is 10.7. The van der Waals surface area contributed by atoms with E-state index in [0.717, 1.165) is 22.3 Å². The van der Waals surface area contributed by atoms with E-state index in [-0.39, 0.29) is 13.2 Å². The van der Waals surface area contributed by atoms with Crippen molar-refractivity contribution in [2.24, 2.45) is 0 Å². The molecule has 1 saturated heterocycles. The van der Waals surface area contributed by atoms with Crippen LogP contribution in [0.4, 0.5) is 0 Å². The molecule has 0 spiro atoms. The van der Waals surface area contributed by atoms with Gasteiger partial charge in [0.05, 0.1) is 33.0 Å². The van der Waals surface area contributed by atoms with E-state index in [9.17, 15) is 5.11 Å². The van der Waals surface area contributed by atoms with Crippen molar-refractivity contribution in [3.05, 3.63) is 156 Å². The molecule has 5 rings (SSSR count). The molecule has 1 aliphatic rings. The van der Waals surface area contributed by atoms with Crippen molar-refractivity contribution in [2.45, 2.75) is 56.6 Å². The number of ether oxygens (including phenoxy) is 5. The summed E-state index contributed by atoms with van der Waals surface area (Å²) in [4.78, 5) is 0. The van der Waals surface area contributed by atoms with E-state index in [1.165, 1.54) is 6.08 Å². The molecule has 0 aromatic heterocycles. The van der Waals surface area contributed by atoms with Crippen LogP contribution in [0.5, 0.6) is 0 Å². The van der Waals surface area contributed by atoms with Crippen molar-refractivity contribution >= 4 is 0 Å². The monoisotopic (exact) mass is 566 g/mol. The first-order valence-electron chi connectivity index (χ1n) is 14.3. The van der Waals surface area contributed by atoms with Gasteiger partial charge in [0.1, 0.15) is 24.4 Å². The van der Waals surface area contributed by atoms with Crippen LogP contribution in [0, 0.1) is 0 Å². The van der Waals surface area contributed by atoms with Gasteiger partial charge in [-0.05, 0) is 28.3 Å². The van der Waals surface area contributed by atoms with E-state index in [4.69, 9.17) is 23.7 Å². The Morgan fingerprint density at radius 2 is 1.00 bits per heavy atom. The van der Waals surface area contributed by atoms with Crippen molar-refractivity contribution < 1.29 is 28.8 Å². The van der Waals surface area contributed by atoms with Gasteiger partial charge in [-0.25, -0.2) is 0 Å². The highest BCUT2D eigenvalue weighted by Crippen LogP contribution is 2.36. The van der Waals surface area contributed by atoms with Gasteiger partial charge in [-0.3, -0.25) is 0 Å². The highest BCUT2D eigenvalue weighted by atomic mass is 16.7. The van der Waals surface area contributed by atoms with Crippen LogP contribution in [0.2, 0.25) is 0 Å². The fourth-order valence-electron chi connectivity index (χ4n) is 5.05. The molecule has 1 fully saturated rings. The van der Waals surface area contributed by atoms with Crippen molar-refractivity contribution in [3.63, 3.8) is 0 Å². The summed E-state index contributed by atoms with van der Waals surface area (Å²) in [5.41, 5.74) is 4.00. The zero-order valence-electron chi connectivity index (χ0n) is 23.7. The van der Waals surface area contributed by atoms with Crippen molar-refractivity contribution in [2.75, 3.05) is 6.61 Å². The maximum atomic E-state index is 11.8. The van der Waals surface area contributed by atoms with Gasteiger partial charge in [-0.15, -0.1) is 0 Å². The summed E-state index contributed by atoms with van der Waals surface area (Å²) in [5, 5.41) is 11.8. The molecule has 6 heteroatoms. The second kappa shape index (κ2) is 15.0. The number of benzene rings is 4. The summed E-state index contributed by atoms with van der Waals surface area (Å²) in [6.45, 7) is 5.33. The third kappa shape index (κ3) is 8.01. The topological polar surface area (TPSA) is 66.4 Å². The minimum absolute atomic E-state index is 0.168. The van der Waals surface area contributed by atoms with Crippen molar-refractivity contribution in [1.82, 2.24) is 0 Å². The molecule has 0 saturated carbocycles. The van der Waals surface area contributed by atoms with Crippen LogP contribution < -0.4 is 0 Å². The Labute approximate surface area is 248 Å². The quantitative estimate of drug-likeness (QED) is 0.183. The Morgan fingerprint density at radius 1 is 0.595 bits per heavy atom. The molecule has 0 bridgehead atoms. The Morgan fingerprint density at radius 3 is 1.45 bits per heavy atom. The van der Waals surface area contributed by atoms with Crippen LogP contribution in [0.3, 0.4) is 0 Å². The summed E-state index contributed by atoms with van der Waals surface area (Å²) in [6.07, 6.45) is -1.55. The first-order chi connectivity index (χ1) is 20.6. The molecule has 5 atom stereocenters. The molecule has 4 aromatic rings. The standard InChI is InChI=1S/C36H38O6/c1-2-36(37)35(41-26-31-21-13-6-14-22-31)34(40-25-30-19-11-5-12-20-30)33(39-24-29-17-9-4-10-18-29)32(42-36)27-38-23-28-15-7-3-8-16-28/h2-22,32-35,37H,1,23-27H2/t32?,33-,34-,35?,36-/m0/s1. The fourth-order valence-corrected chi connectivity index (χ4v) is 5.05. The number of rotatable bonds is 14. The molecule has 0 aliphatic carbocycles. The molecule has 2 unspecified atom stereocenters. The maximum absolute atomic E-state index is 11.8. The molecule has 218 valence electrons. The lowest BCUT2D eigenvalue weighted by Gasteiger charge is -2.49. The largest absolute Gasteiger partial charge is 0.374 e. The van der Waals surface area contributed by atoms with E-state index in [2.05, 4.69) is 6.58 Å². The predicted octanol–water partition coefficient (Wildman–Crippen LogP) is 6.23. The first-order valence-corrected chi connectivity index (χ1v) is 14.3. The molecular weight excluding hydrogens is 528 g/mol. The third-order valence-corrected chi connectivity index (χ3v) is 7.27. The molecule has 1 heterocycles. The number of aliphatic hydroxyl groups is 1. The van der Waals surface area contributed by atoms with E-state index < -0.39 is 30.2 Å². The third-order valence-electron chi connectivity index (χ3n) is 7.27. The molecule has 6 nitrogen and oxygen atoms in total. The van der Waals surface area contributed by atoms with Crippen LogP contribution >= 0.6 is 0 Å². The second-order valence-electron chi connectivity index (χ2n) is 10.4. The predicted molar refractivity (Wildman–Crippen MR) is 161 cm³/mol. The van der Waals surface area contributed by atoms with Crippen molar-refractivity contribution in [3.8, 4) is 0 Å². The molecule has 4 aromatic carbocycles. The Bertz CT molecular complexity index is 1330. The summed E-state index contributed by atoms with van der Waals surface area (Å²) >= 11 is 0. The lowest BCUT2D eigenvalue weighted by atomic mass is 9.91. The van der Waals surface area contributed by atoms with Gasteiger partial charge in [0.25, 0.3) is 0 Å². The molecule has 0 amide bonds. The normalized spacial score (nSPS) is 23.8. The van der Waals surface area contributed by atoms with E-state index in [1.54, 1.807) is 0 Å². The van der Waals surface area contributed by atoms with Gasteiger partial charge in [-0.2, -0.15) is 0 Å². The van der Waals surface area contributed by atoms with E-state index in [0.29, 0.717) is 19.8 Å². The number of hydrogen-bond donors (Lipinski definition) is 1. The zero-order valence-corrected chi connectivity index (χ0v) is 23.7. The highest BCUT2D eigenvalue weighted by Gasteiger charge is 2.55. The summed E-state index contributed by atoms with van der Waals surface area (Å²) in [6, 6.07) is 39.5. The fraction of sp³-hybridized carbons (Fsp3) is 0.278. The average molecular weight is 567 g/mol.